The van der Waals surface area contributed by atoms with Crippen LogP contribution in [-0.2, 0) is 4.74 Å². The lowest BCUT2D eigenvalue weighted by Gasteiger charge is -2.20. The van der Waals surface area contributed by atoms with Crippen molar-refractivity contribution in [2.24, 2.45) is 5.73 Å². The van der Waals surface area contributed by atoms with Crippen LogP contribution in [0.1, 0.15) is 19.8 Å². The van der Waals surface area contributed by atoms with E-state index < -0.39 is 0 Å². The van der Waals surface area contributed by atoms with Crippen LogP contribution in [-0.4, -0.2) is 43.8 Å². The van der Waals surface area contributed by atoms with Crippen LogP contribution in [0.4, 0.5) is 0 Å². The van der Waals surface area contributed by atoms with Crippen LogP contribution in [0, 0.1) is 0 Å². The monoisotopic (exact) mass is 172 g/mol. The first-order chi connectivity index (χ1) is 5.66. The first-order valence-corrected chi connectivity index (χ1v) is 4.71. The molecule has 0 aromatic carbocycles. The molecule has 0 spiro atoms. The second-order valence-electron chi connectivity index (χ2n) is 3.80. The molecule has 1 fully saturated rings. The standard InChI is InChI=1S/C9H20N2O/c1-3-12-7-6-11(2)8-9(10)4-5-9/h3-8,10H2,1-2H3. The molecule has 1 rings (SSSR count). The SMILES string of the molecule is CCOCCN(C)CC1(N)CC1. The molecule has 0 radical (unpaired) electrons. The van der Waals surface area contributed by atoms with Crippen molar-refractivity contribution in [3.05, 3.63) is 0 Å². The Morgan fingerprint density at radius 3 is 2.67 bits per heavy atom. The van der Waals surface area contributed by atoms with E-state index in [4.69, 9.17) is 10.5 Å². The molecule has 1 saturated carbocycles. The van der Waals surface area contributed by atoms with Gasteiger partial charge in [0.1, 0.15) is 0 Å². The minimum absolute atomic E-state index is 0.140. The first-order valence-electron chi connectivity index (χ1n) is 4.71. The van der Waals surface area contributed by atoms with E-state index in [2.05, 4.69) is 11.9 Å². The first kappa shape index (κ1) is 9.96. The fourth-order valence-electron chi connectivity index (χ4n) is 1.30. The van der Waals surface area contributed by atoms with Crippen molar-refractivity contribution in [2.45, 2.75) is 25.3 Å². The highest BCUT2D eigenvalue weighted by Gasteiger charge is 2.38. The quantitative estimate of drug-likeness (QED) is 0.591. The molecule has 3 heteroatoms. The highest BCUT2D eigenvalue weighted by molar-refractivity contribution is 5.00. The molecule has 0 saturated heterocycles. The summed E-state index contributed by atoms with van der Waals surface area (Å²) < 4.78 is 5.26. The molecule has 1 aliphatic carbocycles. The van der Waals surface area contributed by atoms with Crippen molar-refractivity contribution in [1.29, 1.82) is 0 Å². The summed E-state index contributed by atoms with van der Waals surface area (Å²) in [7, 11) is 2.10. The zero-order valence-electron chi connectivity index (χ0n) is 8.18. The maximum Gasteiger partial charge on any atom is 0.0593 e. The van der Waals surface area contributed by atoms with Gasteiger partial charge in [0, 0.05) is 25.2 Å². The second-order valence-corrected chi connectivity index (χ2v) is 3.80. The normalized spacial score (nSPS) is 20.0. The number of nitrogens with two attached hydrogens (primary N) is 1. The van der Waals surface area contributed by atoms with Gasteiger partial charge in [0.05, 0.1) is 6.61 Å². The van der Waals surface area contributed by atoms with Crippen LogP contribution in [0.5, 0.6) is 0 Å². The maximum atomic E-state index is 5.97. The van der Waals surface area contributed by atoms with Crippen molar-refractivity contribution in [1.82, 2.24) is 4.90 Å². The van der Waals surface area contributed by atoms with Gasteiger partial charge in [0.25, 0.3) is 0 Å². The van der Waals surface area contributed by atoms with Crippen LogP contribution in [0.25, 0.3) is 0 Å². The molecule has 0 atom stereocenters. The van der Waals surface area contributed by atoms with Gasteiger partial charge in [-0.15, -0.1) is 0 Å². The molecule has 0 aliphatic heterocycles. The van der Waals surface area contributed by atoms with Gasteiger partial charge in [-0.25, -0.2) is 0 Å². The molecule has 3 nitrogen and oxygen atoms in total. The Hall–Kier alpha value is -0.120. The van der Waals surface area contributed by atoms with Gasteiger partial charge in [0.15, 0.2) is 0 Å². The average molecular weight is 172 g/mol. The summed E-state index contributed by atoms with van der Waals surface area (Å²) in [5.41, 5.74) is 6.11. The summed E-state index contributed by atoms with van der Waals surface area (Å²) >= 11 is 0. The van der Waals surface area contributed by atoms with E-state index >= 15 is 0 Å². The zero-order valence-corrected chi connectivity index (χ0v) is 8.18. The highest BCUT2D eigenvalue weighted by atomic mass is 16.5. The molecule has 2 N–H and O–H groups in total. The minimum Gasteiger partial charge on any atom is -0.380 e. The van der Waals surface area contributed by atoms with Crippen molar-refractivity contribution >= 4 is 0 Å². The number of hydrogen-bond donors (Lipinski definition) is 1. The van der Waals surface area contributed by atoms with Crippen molar-refractivity contribution in [3.8, 4) is 0 Å². The molecular formula is C9H20N2O. The molecule has 1 aliphatic rings. The molecule has 0 bridgehead atoms. The van der Waals surface area contributed by atoms with Crippen LogP contribution in [0.15, 0.2) is 0 Å². The summed E-state index contributed by atoms with van der Waals surface area (Å²) in [6.45, 7) is 5.66. The van der Waals surface area contributed by atoms with Crippen molar-refractivity contribution in [2.75, 3.05) is 33.4 Å². The Bertz CT molecular complexity index is 134. The fraction of sp³-hybridized carbons (Fsp3) is 1.00. The van der Waals surface area contributed by atoms with E-state index in [0.717, 1.165) is 26.3 Å². The van der Waals surface area contributed by atoms with Crippen LogP contribution >= 0.6 is 0 Å². The summed E-state index contributed by atoms with van der Waals surface area (Å²) in [6.07, 6.45) is 2.37. The average Bonchev–Trinajstić information content (AvgIpc) is 2.68. The number of likely N-dealkylation sites (N-methyl/N-ethyl adjacent to an activating group) is 1. The van der Waals surface area contributed by atoms with E-state index in [1.165, 1.54) is 12.8 Å². The lowest BCUT2D eigenvalue weighted by atomic mass is 10.3. The summed E-state index contributed by atoms with van der Waals surface area (Å²) in [5.74, 6) is 0. The third kappa shape index (κ3) is 3.52. The summed E-state index contributed by atoms with van der Waals surface area (Å²) in [5, 5.41) is 0. The van der Waals surface area contributed by atoms with Gasteiger partial charge in [-0.05, 0) is 26.8 Å². The summed E-state index contributed by atoms with van der Waals surface area (Å²) in [4.78, 5) is 2.25. The van der Waals surface area contributed by atoms with Gasteiger partial charge >= 0.3 is 0 Å². The number of rotatable bonds is 6. The topological polar surface area (TPSA) is 38.5 Å². The Kier molecular flexibility index (Phi) is 3.50. The molecule has 0 unspecified atom stereocenters. The molecule has 12 heavy (non-hydrogen) atoms. The second kappa shape index (κ2) is 4.21. The van der Waals surface area contributed by atoms with Gasteiger partial charge in [-0.2, -0.15) is 0 Å². The molecule has 0 heterocycles. The van der Waals surface area contributed by atoms with E-state index in [-0.39, 0.29) is 5.54 Å². The van der Waals surface area contributed by atoms with Gasteiger partial charge in [-0.3, -0.25) is 0 Å². The van der Waals surface area contributed by atoms with E-state index in [9.17, 15) is 0 Å². The molecule has 72 valence electrons. The van der Waals surface area contributed by atoms with Gasteiger partial charge in [-0.1, -0.05) is 0 Å². The van der Waals surface area contributed by atoms with Crippen LogP contribution in [0.3, 0.4) is 0 Å². The third-order valence-electron chi connectivity index (χ3n) is 2.30. The van der Waals surface area contributed by atoms with E-state index in [0.29, 0.717) is 0 Å². The predicted octanol–water partition coefficient (Wildman–Crippen LogP) is 0.446. The Morgan fingerprint density at radius 2 is 2.17 bits per heavy atom. The smallest absolute Gasteiger partial charge is 0.0593 e. The summed E-state index contributed by atoms with van der Waals surface area (Å²) in [6, 6.07) is 0. The van der Waals surface area contributed by atoms with Crippen LogP contribution < -0.4 is 5.73 Å². The zero-order chi connectivity index (χ0) is 9.03. The van der Waals surface area contributed by atoms with Crippen molar-refractivity contribution in [3.63, 3.8) is 0 Å². The Labute approximate surface area is 74.9 Å². The van der Waals surface area contributed by atoms with Gasteiger partial charge < -0.3 is 15.4 Å². The lowest BCUT2D eigenvalue weighted by molar-refractivity contribution is 0.119. The molecule has 0 amide bonds. The Balaban J connectivity index is 2.00. The molecule has 0 aromatic rings. The van der Waals surface area contributed by atoms with Crippen LogP contribution in [0.2, 0.25) is 0 Å². The molecular weight excluding hydrogens is 152 g/mol. The largest absolute Gasteiger partial charge is 0.380 e. The number of hydrogen-bond acceptors (Lipinski definition) is 3. The Morgan fingerprint density at radius 1 is 1.50 bits per heavy atom. The molecule has 0 aromatic heterocycles. The predicted molar refractivity (Wildman–Crippen MR) is 50.1 cm³/mol. The van der Waals surface area contributed by atoms with E-state index in [1.54, 1.807) is 0 Å². The van der Waals surface area contributed by atoms with E-state index in [1.807, 2.05) is 6.92 Å². The third-order valence-corrected chi connectivity index (χ3v) is 2.30. The fourth-order valence-corrected chi connectivity index (χ4v) is 1.30. The minimum atomic E-state index is 0.140. The van der Waals surface area contributed by atoms with Crippen molar-refractivity contribution < 1.29 is 4.74 Å². The number of ether oxygens (including phenoxy) is 1. The lowest BCUT2D eigenvalue weighted by Crippen LogP contribution is -2.38. The highest BCUT2D eigenvalue weighted by Crippen LogP contribution is 2.32. The number of nitrogens with zero attached hydrogens (tertiary/aromatic N) is 1. The maximum absolute atomic E-state index is 5.97. The van der Waals surface area contributed by atoms with Gasteiger partial charge in [0.2, 0.25) is 0 Å².